The van der Waals surface area contributed by atoms with Gasteiger partial charge >= 0.3 is 0 Å². The second-order valence-corrected chi connectivity index (χ2v) is 4.53. The smallest absolute Gasteiger partial charge is 0.100 e. The lowest BCUT2D eigenvalue weighted by Gasteiger charge is -2.04. The molecule has 0 saturated carbocycles. The van der Waals surface area contributed by atoms with Gasteiger partial charge in [-0.2, -0.15) is 5.10 Å². The summed E-state index contributed by atoms with van der Waals surface area (Å²) in [6.07, 6.45) is 3.63. The molecule has 0 fully saturated rings. The van der Waals surface area contributed by atoms with Crippen LogP contribution >= 0.6 is 0 Å². The summed E-state index contributed by atoms with van der Waals surface area (Å²) in [5, 5.41) is 4.65. The minimum absolute atomic E-state index is 1.02. The molecule has 0 bridgehead atoms. The van der Waals surface area contributed by atoms with Gasteiger partial charge in [0.05, 0.1) is 0 Å². The number of aromatic nitrogens is 3. The summed E-state index contributed by atoms with van der Waals surface area (Å²) in [4.78, 5) is 4.08. The van der Waals surface area contributed by atoms with Crippen molar-refractivity contribution in [3.8, 4) is 22.4 Å². The van der Waals surface area contributed by atoms with Crippen LogP contribution in [0, 0.1) is 6.92 Å². The molecule has 0 spiro atoms. The van der Waals surface area contributed by atoms with Crippen molar-refractivity contribution in [1.29, 1.82) is 0 Å². The third kappa shape index (κ3) is 2.03. The zero-order valence-corrected chi connectivity index (χ0v) is 11.0. The van der Waals surface area contributed by atoms with Gasteiger partial charge in [0.15, 0.2) is 0 Å². The standard InChI is InChI=1S/C16H15N3/c1-12-15(13-8-10-17-11-9-13)16(18-19(12)2)14-6-4-3-5-7-14/h3-11H,1-2H3. The molecular formula is C16H15N3. The molecule has 0 unspecified atom stereocenters. The van der Waals surface area contributed by atoms with Crippen LogP contribution in [0.15, 0.2) is 54.9 Å². The van der Waals surface area contributed by atoms with Gasteiger partial charge in [-0.25, -0.2) is 0 Å². The lowest BCUT2D eigenvalue weighted by molar-refractivity contribution is 0.743. The SMILES string of the molecule is Cc1c(-c2ccncc2)c(-c2ccccc2)nn1C. The Morgan fingerprint density at radius 2 is 1.58 bits per heavy atom. The second kappa shape index (κ2) is 4.69. The summed E-state index contributed by atoms with van der Waals surface area (Å²) < 4.78 is 1.93. The highest BCUT2D eigenvalue weighted by Gasteiger charge is 2.15. The Kier molecular flexibility index (Phi) is 2.88. The van der Waals surface area contributed by atoms with Crippen molar-refractivity contribution < 1.29 is 0 Å². The first-order valence-electron chi connectivity index (χ1n) is 6.27. The number of hydrogen-bond donors (Lipinski definition) is 0. The molecular weight excluding hydrogens is 234 g/mol. The number of hydrogen-bond acceptors (Lipinski definition) is 2. The molecule has 2 heterocycles. The summed E-state index contributed by atoms with van der Waals surface area (Å²) in [7, 11) is 1.98. The van der Waals surface area contributed by atoms with Crippen molar-refractivity contribution in [2.45, 2.75) is 6.92 Å². The minimum atomic E-state index is 1.02. The van der Waals surface area contributed by atoms with Crippen LogP contribution in [0.1, 0.15) is 5.69 Å². The molecule has 0 aliphatic rings. The fourth-order valence-electron chi connectivity index (χ4n) is 2.27. The molecule has 94 valence electrons. The molecule has 0 atom stereocenters. The lowest BCUT2D eigenvalue weighted by atomic mass is 10.0. The topological polar surface area (TPSA) is 30.7 Å². The van der Waals surface area contributed by atoms with Crippen LogP contribution in [0.2, 0.25) is 0 Å². The number of rotatable bonds is 2. The van der Waals surface area contributed by atoms with Gasteiger partial charge in [-0.1, -0.05) is 30.3 Å². The van der Waals surface area contributed by atoms with Crippen molar-refractivity contribution in [3.05, 3.63) is 60.6 Å². The summed E-state index contributed by atoms with van der Waals surface area (Å²) in [5.41, 5.74) is 5.64. The number of pyridine rings is 1. The van der Waals surface area contributed by atoms with Crippen LogP contribution in [0.5, 0.6) is 0 Å². The van der Waals surface area contributed by atoms with E-state index in [-0.39, 0.29) is 0 Å². The average molecular weight is 249 g/mol. The van der Waals surface area contributed by atoms with Gasteiger partial charge < -0.3 is 0 Å². The first-order chi connectivity index (χ1) is 9.27. The van der Waals surface area contributed by atoms with Gasteiger partial charge in [0.1, 0.15) is 5.69 Å². The van der Waals surface area contributed by atoms with Crippen molar-refractivity contribution >= 4 is 0 Å². The van der Waals surface area contributed by atoms with Crippen molar-refractivity contribution in [2.75, 3.05) is 0 Å². The Morgan fingerprint density at radius 1 is 0.895 bits per heavy atom. The minimum Gasteiger partial charge on any atom is -0.272 e. The van der Waals surface area contributed by atoms with E-state index in [9.17, 15) is 0 Å². The Balaban J connectivity index is 2.25. The first-order valence-corrected chi connectivity index (χ1v) is 6.27. The largest absolute Gasteiger partial charge is 0.272 e. The van der Waals surface area contributed by atoms with Crippen LogP contribution in [-0.4, -0.2) is 14.8 Å². The average Bonchev–Trinajstić information content (AvgIpc) is 2.77. The fraction of sp³-hybridized carbons (Fsp3) is 0.125. The molecule has 0 N–H and O–H groups in total. The maximum atomic E-state index is 4.65. The van der Waals surface area contributed by atoms with Crippen molar-refractivity contribution in [2.24, 2.45) is 7.05 Å². The summed E-state index contributed by atoms with van der Waals surface area (Å²) >= 11 is 0. The molecule has 3 nitrogen and oxygen atoms in total. The van der Waals surface area contributed by atoms with E-state index in [0.717, 1.165) is 22.5 Å². The molecule has 1 aromatic carbocycles. The highest BCUT2D eigenvalue weighted by Crippen LogP contribution is 2.33. The maximum Gasteiger partial charge on any atom is 0.100 e. The zero-order valence-electron chi connectivity index (χ0n) is 11.0. The third-order valence-electron chi connectivity index (χ3n) is 3.35. The van der Waals surface area contributed by atoms with Crippen LogP contribution in [0.3, 0.4) is 0 Å². The van der Waals surface area contributed by atoms with Gasteiger partial charge in [0.25, 0.3) is 0 Å². The van der Waals surface area contributed by atoms with Gasteiger partial charge in [0.2, 0.25) is 0 Å². The Morgan fingerprint density at radius 3 is 2.26 bits per heavy atom. The van der Waals surface area contributed by atoms with E-state index < -0.39 is 0 Å². The van der Waals surface area contributed by atoms with E-state index in [4.69, 9.17) is 0 Å². The number of benzene rings is 1. The molecule has 3 aromatic rings. The van der Waals surface area contributed by atoms with E-state index in [1.165, 1.54) is 5.56 Å². The maximum absolute atomic E-state index is 4.65. The summed E-state index contributed by atoms with van der Waals surface area (Å²) in [6, 6.07) is 14.3. The molecule has 3 rings (SSSR count). The molecule has 0 aliphatic carbocycles. The molecule has 3 heteroatoms. The predicted octanol–water partition coefficient (Wildman–Crippen LogP) is 3.46. The van der Waals surface area contributed by atoms with Crippen LogP contribution in [0.25, 0.3) is 22.4 Å². The number of aryl methyl sites for hydroxylation is 1. The Labute approximate surface area is 112 Å². The van der Waals surface area contributed by atoms with Gasteiger partial charge in [-0.15, -0.1) is 0 Å². The zero-order chi connectivity index (χ0) is 13.2. The molecule has 0 aliphatic heterocycles. The summed E-state index contributed by atoms with van der Waals surface area (Å²) in [5.74, 6) is 0. The monoisotopic (exact) mass is 249 g/mol. The molecule has 0 radical (unpaired) electrons. The second-order valence-electron chi connectivity index (χ2n) is 4.53. The first kappa shape index (κ1) is 11.7. The fourth-order valence-corrected chi connectivity index (χ4v) is 2.27. The highest BCUT2D eigenvalue weighted by molar-refractivity contribution is 5.82. The van der Waals surface area contributed by atoms with E-state index in [2.05, 4.69) is 29.1 Å². The highest BCUT2D eigenvalue weighted by atomic mass is 15.3. The quantitative estimate of drug-likeness (QED) is 0.696. The lowest BCUT2D eigenvalue weighted by Crippen LogP contribution is -1.92. The normalized spacial score (nSPS) is 10.6. The predicted molar refractivity (Wildman–Crippen MR) is 76.6 cm³/mol. The summed E-state index contributed by atoms with van der Waals surface area (Å²) in [6.45, 7) is 2.09. The van der Waals surface area contributed by atoms with Gasteiger partial charge in [-0.05, 0) is 24.6 Å². The van der Waals surface area contributed by atoms with E-state index >= 15 is 0 Å². The van der Waals surface area contributed by atoms with E-state index in [1.807, 2.05) is 54.5 Å². The van der Waals surface area contributed by atoms with Gasteiger partial charge in [0, 0.05) is 36.3 Å². The van der Waals surface area contributed by atoms with E-state index in [1.54, 1.807) is 0 Å². The van der Waals surface area contributed by atoms with Crippen LogP contribution < -0.4 is 0 Å². The van der Waals surface area contributed by atoms with Crippen molar-refractivity contribution in [3.63, 3.8) is 0 Å². The molecule has 0 amide bonds. The van der Waals surface area contributed by atoms with Crippen LogP contribution in [-0.2, 0) is 7.05 Å². The Hall–Kier alpha value is -2.42. The molecule has 2 aromatic heterocycles. The third-order valence-corrected chi connectivity index (χ3v) is 3.35. The van der Waals surface area contributed by atoms with Crippen LogP contribution in [0.4, 0.5) is 0 Å². The number of nitrogens with zero attached hydrogens (tertiary/aromatic N) is 3. The van der Waals surface area contributed by atoms with Gasteiger partial charge in [-0.3, -0.25) is 9.67 Å². The van der Waals surface area contributed by atoms with E-state index in [0.29, 0.717) is 0 Å². The molecule has 0 saturated heterocycles. The van der Waals surface area contributed by atoms with Crippen molar-refractivity contribution in [1.82, 2.24) is 14.8 Å². The Bertz CT molecular complexity index is 685. The molecule has 19 heavy (non-hydrogen) atoms.